The number of nitrogens with two attached hydrogens (primary N) is 1. The van der Waals surface area contributed by atoms with Crippen LogP contribution >= 0.6 is 11.6 Å². The van der Waals surface area contributed by atoms with Crippen LogP contribution in [0.2, 0.25) is 5.15 Å². The molecule has 1 atom stereocenters. The maximum atomic E-state index is 6.43. The molecule has 1 fully saturated rings. The fourth-order valence-electron chi connectivity index (χ4n) is 4.55. The van der Waals surface area contributed by atoms with E-state index in [1.807, 2.05) is 0 Å². The molecule has 27 heavy (non-hydrogen) atoms. The molecule has 1 aliphatic heterocycles. The number of aromatic nitrogens is 4. The van der Waals surface area contributed by atoms with Crippen molar-refractivity contribution in [3.8, 4) is 0 Å². The molecular formula is C20H23ClN6. The quantitative estimate of drug-likeness (QED) is 0.725. The van der Waals surface area contributed by atoms with Gasteiger partial charge in [0.2, 0.25) is 5.95 Å². The van der Waals surface area contributed by atoms with E-state index in [0.29, 0.717) is 11.1 Å². The molecule has 0 spiro atoms. The molecule has 2 aromatic heterocycles. The van der Waals surface area contributed by atoms with Gasteiger partial charge in [-0.15, -0.1) is 0 Å². The van der Waals surface area contributed by atoms with Crippen LogP contribution in [0.4, 0.5) is 11.6 Å². The van der Waals surface area contributed by atoms with Gasteiger partial charge in [0, 0.05) is 13.1 Å². The van der Waals surface area contributed by atoms with Crippen molar-refractivity contribution in [3.05, 3.63) is 40.9 Å². The number of fused-ring (bicyclic) bond motifs is 2. The Balaban J connectivity index is 1.65. The molecule has 0 amide bonds. The minimum atomic E-state index is 0.0292. The molecule has 0 radical (unpaired) electrons. The van der Waals surface area contributed by atoms with E-state index < -0.39 is 0 Å². The number of anilines is 2. The van der Waals surface area contributed by atoms with Crippen LogP contribution in [0.15, 0.2) is 24.4 Å². The van der Waals surface area contributed by atoms with Crippen molar-refractivity contribution in [2.75, 3.05) is 23.7 Å². The van der Waals surface area contributed by atoms with Gasteiger partial charge in [0.1, 0.15) is 10.7 Å². The van der Waals surface area contributed by atoms with Crippen LogP contribution in [0.25, 0.3) is 11.0 Å². The average Bonchev–Trinajstić information content (AvgIpc) is 3.04. The van der Waals surface area contributed by atoms with Gasteiger partial charge in [-0.1, -0.05) is 17.7 Å². The summed E-state index contributed by atoms with van der Waals surface area (Å²) in [5.74, 6) is 0.536. The summed E-state index contributed by atoms with van der Waals surface area (Å²) in [7, 11) is 0. The number of hydrogen-bond donors (Lipinski definition) is 1. The molecule has 3 heterocycles. The summed E-state index contributed by atoms with van der Waals surface area (Å²) in [5.41, 5.74) is 11.6. The Morgan fingerprint density at radius 2 is 1.93 bits per heavy atom. The average molecular weight is 383 g/mol. The number of piperidine rings is 1. The second-order valence-corrected chi connectivity index (χ2v) is 7.85. The summed E-state index contributed by atoms with van der Waals surface area (Å²) in [6, 6.07) is 6.41. The van der Waals surface area contributed by atoms with E-state index in [1.54, 1.807) is 6.20 Å². The van der Waals surface area contributed by atoms with E-state index in [9.17, 15) is 0 Å². The van der Waals surface area contributed by atoms with Gasteiger partial charge in [-0.05, 0) is 50.7 Å². The molecule has 3 aromatic rings. The van der Waals surface area contributed by atoms with Crippen LogP contribution < -0.4 is 10.6 Å². The summed E-state index contributed by atoms with van der Waals surface area (Å²) in [4.78, 5) is 16.3. The standard InChI is InChI=1S/C20H23ClN6/c21-17-12-23-13-6-4-8-15(18(13)24-17)27-16-9-5-7-14(19(16)25-20(27)22)26-10-2-1-3-11-26/h5,7,9,12,15H,1-4,6,8,10-11H2,(H2,22,25). The molecule has 0 bridgehead atoms. The lowest BCUT2D eigenvalue weighted by molar-refractivity contribution is 0.483. The number of benzene rings is 1. The smallest absolute Gasteiger partial charge is 0.201 e. The molecule has 2 aliphatic rings. The zero-order valence-electron chi connectivity index (χ0n) is 15.2. The topological polar surface area (TPSA) is 72.9 Å². The van der Waals surface area contributed by atoms with Crippen LogP contribution in [-0.4, -0.2) is 32.6 Å². The van der Waals surface area contributed by atoms with Crippen molar-refractivity contribution in [1.82, 2.24) is 19.5 Å². The second-order valence-electron chi connectivity index (χ2n) is 7.47. The van der Waals surface area contributed by atoms with Gasteiger partial charge in [-0.25, -0.2) is 9.97 Å². The highest BCUT2D eigenvalue weighted by Crippen LogP contribution is 2.38. The van der Waals surface area contributed by atoms with Gasteiger partial charge in [-0.3, -0.25) is 4.98 Å². The Morgan fingerprint density at radius 1 is 1.07 bits per heavy atom. The van der Waals surface area contributed by atoms with Gasteiger partial charge >= 0.3 is 0 Å². The van der Waals surface area contributed by atoms with Crippen molar-refractivity contribution < 1.29 is 0 Å². The third-order valence-corrected chi connectivity index (χ3v) is 5.97. The summed E-state index contributed by atoms with van der Waals surface area (Å²) in [6.07, 6.45) is 8.35. The zero-order valence-corrected chi connectivity index (χ0v) is 16.0. The van der Waals surface area contributed by atoms with Gasteiger partial charge < -0.3 is 15.2 Å². The lowest BCUT2D eigenvalue weighted by Crippen LogP contribution is -2.29. The van der Waals surface area contributed by atoms with Crippen molar-refractivity contribution >= 4 is 34.3 Å². The predicted molar refractivity (Wildman–Crippen MR) is 108 cm³/mol. The molecule has 2 N–H and O–H groups in total. The first-order valence-electron chi connectivity index (χ1n) is 9.75. The number of imidazole rings is 1. The van der Waals surface area contributed by atoms with Gasteiger partial charge in [0.25, 0.3) is 0 Å². The maximum absolute atomic E-state index is 6.43. The third kappa shape index (κ3) is 2.83. The Hall–Kier alpha value is -2.34. The Bertz CT molecular complexity index is 992. The Labute approximate surface area is 163 Å². The number of nitrogen functional groups attached to an aromatic ring is 1. The van der Waals surface area contributed by atoms with Gasteiger partial charge in [0.05, 0.1) is 34.8 Å². The number of rotatable bonds is 2. The fourth-order valence-corrected chi connectivity index (χ4v) is 4.69. The summed E-state index contributed by atoms with van der Waals surface area (Å²) >= 11 is 6.15. The van der Waals surface area contributed by atoms with Crippen molar-refractivity contribution in [2.24, 2.45) is 0 Å². The summed E-state index contributed by atoms with van der Waals surface area (Å²) in [6.45, 7) is 2.17. The molecule has 1 unspecified atom stereocenters. The molecule has 6 nitrogen and oxygen atoms in total. The van der Waals surface area contributed by atoms with Gasteiger partial charge in [0.15, 0.2) is 0 Å². The van der Waals surface area contributed by atoms with Crippen LogP contribution in [0.3, 0.4) is 0 Å². The highest BCUT2D eigenvalue weighted by Gasteiger charge is 2.28. The maximum Gasteiger partial charge on any atom is 0.201 e. The van der Waals surface area contributed by atoms with Crippen molar-refractivity contribution in [1.29, 1.82) is 0 Å². The monoisotopic (exact) mass is 382 g/mol. The predicted octanol–water partition coefficient (Wildman–Crippen LogP) is 3.98. The van der Waals surface area contributed by atoms with E-state index in [0.717, 1.165) is 54.8 Å². The van der Waals surface area contributed by atoms with Crippen LogP contribution in [0, 0.1) is 0 Å². The summed E-state index contributed by atoms with van der Waals surface area (Å²) in [5, 5.41) is 0.428. The third-order valence-electron chi connectivity index (χ3n) is 5.79. The van der Waals surface area contributed by atoms with Crippen molar-refractivity contribution in [2.45, 2.75) is 44.6 Å². The number of para-hydroxylation sites is 1. The van der Waals surface area contributed by atoms with E-state index >= 15 is 0 Å². The first-order valence-corrected chi connectivity index (χ1v) is 10.1. The largest absolute Gasteiger partial charge is 0.370 e. The molecule has 1 saturated heterocycles. The molecular weight excluding hydrogens is 360 g/mol. The van der Waals surface area contributed by atoms with Crippen molar-refractivity contribution in [3.63, 3.8) is 0 Å². The van der Waals surface area contributed by atoms with E-state index in [2.05, 4.69) is 37.6 Å². The first-order chi connectivity index (χ1) is 13.2. The Kier molecular flexibility index (Phi) is 4.16. The number of halogens is 1. The fraction of sp³-hybridized carbons (Fsp3) is 0.450. The second kappa shape index (κ2) is 6.68. The highest BCUT2D eigenvalue weighted by molar-refractivity contribution is 6.29. The van der Waals surface area contributed by atoms with Crippen LogP contribution in [0.1, 0.15) is 49.5 Å². The minimum absolute atomic E-state index is 0.0292. The van der Waals surface area contributed by atoms with E-state index in [1.165, 1.54) is 24.9 Å². The highest BCUT2D eigenvalue weighted by atomic mass is 35.5. The lowest BCUT2D eigenvalue weighted by atomic mass is 9.95. The van der Waals surface area contributed by atoms with Gasteiger partial charge in [-0.2, -0.15) is 0 Å². The number of aryl methyl sites for hydroxylation is 1. The molecule has 140 valence electrons. The number of hydrogen-bond acceptors (Lipinski definition) is 5. The zero-order chi connectivity index (χ0) is 18.4. The van der Waals surface area contributed by atoms with E-state index in [-0.39, 0.29) is 6.04 Å². The van der Waals surface area contributed by atoms with Crippen LogP contribution in [0.5, 0.6) is 0 Å². The SMILES string of the molecule is Nc1nc2c(N3CCCCC3)cccc2n1C1CCCc2ncc(Cl)nc21. The van der Waals surface area contributed by atoms with Crippen LogP contribution in [-0.2, 0) is 6.42 Å². The lowest BCUT2D eigenvalue weighted by Gasteiger charge is -2.29. The number of nitrogens with zero attached hydrogens (tertiary/aromatic N) is 5. The Morgan fingerprint density at radius 3 is 2.78 bits per heavy atom. The molecule has 0 saturated carbocycles. The summed E-state index contributed by atoms with van der Waals surface area (Å²) < 4.78 is 2.13. The van der Waals surface area contributed by atoms with E-state index in [4.69, 9.17) is 22.3 Å². The molecule has 1 aliphatic carbocycles. The first kappa shape index (κ1) is 16.8. The molecule has 5 rings (SSSR count). The normalized spacial score (nSPS) is 20.0. The molecule has 7 heteroatoms. The minimum Gasteiger partial charge on any atom is -0.370 e. The molecule has 1 aromatic carbocycles.